The largest absolute Gasteiger partial charge is 0.496 e. The van der Waals surface area contributed by atoms with Crippen molar-refractivity contribution < 1.29 is 33.4 Å². The molecule has 1 aromatic heterocycles. The molecule has 1 atom stereocenters. The molecule has 3 amide bonds. The van der Waals surface area contributed by atoms with Gasteiger partial charge in [0.1, 0.15) is 17.7 Å². The summed E-state index contributed by atoms with van der Waals surface area (Å²) >= 11 is 7.39. The summed E-state index contributed by atoms with van der Waals surface area (Å²) < 4.78 is 10.8. The van der Waals surface area contributed by atoms with Gasteiger partial charge in [-0.1, -0.05) is 42.5 Å². The van der Waals surface area contributed by atoms with Crippen molar-refractivity contribution in [3.05, 3.63) is 124 Å². The Labute approximate surface area is 304 Å². The van der Waals surface area contributed by atoms with Crippen LogP contribution in [0.3, 0.4) is 0 Å². The van der Waals surface area contributed by atoms with Gasteiger partial charge in [0.2, 0.25) is 23.5 Å². The van der Waals surface area contributed by atoms with E-state index >= 15 is 0 Å². The van der Waals surface area contributed by atoms with Crippen molar-refractivity contribution in [2.24, 2.45) is 0 Å². The standard InChI is InChI=1S/C38H37ClN4O7S/c1-49-31-10-5-9-28-35(31)30(44)23-29(37(28)47)40-19-21-50-20-17-33(45)42-26-12-14-27(15-13-26)43(34(46)24-39)36(32-11-6-22-51-32)38(48)41-18-16-25-7-3-2-4-8-25/h2-15,22-23,36,40H,16-21,24H2,1H3,(H,41,48)(H,42,45). The van der Waals surface area contributed by atoms with Gasteiger partial charge in [0.05, 0.1) is 38.0 Å². The van der Waals surface area contributed by atoms with Crippen LogP contribution in [-0.4, -0.2) is 68.6 Å². The van der Waals surface area contributed by atoms with Crippen molar-refractivity contribution in [1.29, 1.82) is 0 Å². The Morgan fingerprint density at radius 1 is 0.902 bits per heavy atom. The van der Waals surface area contributed by atoms with E-state index in [0.717, 1.165) is 5.56 Å². The maximum absolute atomic E-state index is 13.6. The van der Waals surface area contributed by atoms with Gasteiger partial charge in [0.25, 0.3) is 0 Å². The molecule has 0 spiro atoms. The number of ketones is 2. The molecule has 0 saturated carbocycles. The monoisotopic (exact) mass is 728 g/mol. The molecule has 0 saturated heterocycles. The van der Waals surface area contributed by atoms with Crippen molar-refractivity contribution in [2.45, 2.75) is 18.9 Å². The maximum atomic E-state index is 13.6. The van der Waals surface area contributed by atoms with E-state index in [1.807, 2.05) is 41.8 Å². The van der Waals surface area contributed by atoms with Gasteiger partial charge < -0.3 is 25.4 Å². The van der Waals surface area contributed by atoms with Crippen molar-refractivity contribution in [2.75, 3.05) is 49.5 Å². The van der Waals surface area contributed by atoms with E-state index in [9.17, 15) is 24.0 Å². The fourth-order valence-corrected chi connectivity index (χ4v) is 6.48. The minimum Gasteiger partial charge on any atom is -0.496 e. The number of carbonyl (C=O) groups excluding carboxylic acids is 5. The second kappa shape index (κ2) is 18.1. The number of rotatable bonds is 17. The number of carbonyl (C=O) groups is 5. The van der Waals surface area contributed by atoms with E-state index in [2.05, 4.69) is 16.0 Å². The highest BCUT2D eigenvalue weighted by Crippen LogP contribution is 2.32. The number of hydrogen-bond acceptors (Lipinski definition) is 9. The number of ether oxygens (including phenoxy) is 2. The molecular weight excluding hydrogens is 692 g/mol. The Bertz CT molecular complexity index is 1880. The normalized spacial score (nSPS) is 12.7. The van der Waals surface area contributed by atoms with Gasteiger partial charge in [-0.3, -0.25) is 28.9 Å². The van der Waals surface area contributed by atoms with Crippen LogP contribution in [0.2, 0.25) is 0 Å². The molecule has 3 N–H and O–H groups in total. The van der Waals surface area contributed by atoms with Gasteiger partial charge in [0, 0.05) is 41.0 Å². The second-order valence-corrected chi connectivity index (χ2v) is 12.6. The van der Waals surface area contributed by atoms with Gasteiger partial charge in [-0.15, -0.1) is 22.9 Å². The summed E-state index contributed by atoms with van der Waals surface area (Å²) in [6.45, 7) is 0.962. The van der Waals surface area contributed by atoms with Crippen LogP contribution in [-0.2, 0) is 25.5 Å². The number of allylic oxidation sites excluding steroid dienone is 2. The lowest BCUT2D eigenvalue weighted by Crippen LogP contribution is -2.44. The van der Waals surface area contributed by atoms with Gasteiger partial charge in [-0.2, -0.15) is 0 Å². The first-order valence-electron chi connectivity index (χ1n) is 16.2. The fourth-order valence-electron chi connectivity index (χ4n) is 5.54. The van der Waals surface area contributed by atoms with Crippen LogP contribution in [0.15, 0.2) is 102 Å². The third-order valence-corrected chi connectivity index (χ3v) is 9.13. The lowest BCUT2D eigenvalue weighted by molar-refractivity contribution is -0.125. The third kappa shape index (κ3) is 9.48. The van der Waals surface area contributed by atoms with Crippen LogP contribution < -0.4 is 25.6 Å². The quantitative estimate of drug-likeness (QED) is 0.0979. The fraction of sp³-hybridized carbons (Fsp3) is 0.237. The van der Waals surface area contributed by atoms with Crippen LogP contribution in [0.5, 0.6) is 5.75 Å². The summed E-state index contributed by atoms with van der Waals surface area (Å²) in [7, 11) is 1.44. The predicted molar refractivity (Wildman–Crippen MR) is 197 cm³/mol. The number of anilines is 2. The first-order chi connectivity index (χ1) is 24.8. The number of thiophene rings is 1. The van der Waals surface area contributed by atoms with Crippen molar-refractivity contribution in [3.63, 3.8) is 0 Å². The number of fused-ring (bicyclic) bond motifs is 1. The Kier molecular flexibility index (Phi) is 13.1. The highest BCUT2D eigenvalue weighted by molar-refractivity contribution is 7.10. The van der Waals surface area contributed by atoms with Crippen LogP contribution >= 0.6 is 22.9 Å². The topological polar surface area (TPSA) is 143 Å². The van der Waals surface area contributed by atoms with E-state index in [1.54, 1.807) is 48.5 Å². The molecule has 1 aliphatic carbocycles. The van der Waals surface area contributed by atoms with E-state index in [1.165, 1.54) is 29.4 Å². The Morgan fingerprint density at radius 2 is 1.69 bits per heavy atom. The zero-order chi connectivity index (χ0) is 36.2. The molecule has 0 aliphatic heterocycles. The number of alkyl halides is 1. The lowest BCUT2D eigenvalue weighted by Gasteiger charge is -2.30. The predicted octanol–water partition coefficient (Wildman–Crippen LogP) is 5.33. The van der Waals surface area contributed by atoms with Gasteiger partial charge in [0.15, 0.2) is 5.78 Å². The number of amides is 3. The van der Waals surface area contributed by atoms with E-state index < -0.39 is 11.9 Å². The van der Waals surface area contributed by atoms with Crippen LogP contribution in [0.1, 0.15) is 43.6 Å². The smallest absolute Gasteiger partial charge is 0.248 e. The molecule has 3 aromatic carbocycles. The highest BCUT2D eigenvalue weighted by Gasteiger charge is 2.33. The molecule has 1 aliphatic rings. The number of halogens is 1. The Morgan fingerprint density at radius 3 is 2.39 bits per heavy atom. The number of benzene rings is 3. The van der Waals surface area contributed by atoms with E-state index in [-0.39, 0.29) is 72.3 Å². The molecular formula is C38H37ClN4O7S. The molecule has 0 radical (unpaired) electrons. The third-order valence-electron chi connectivity index (χ3n) is 7.98. The average Bonchev–Trinajstić information content (AvgIpc) is 3.68. The maximum Gasteiger partial charge on any atom is 0.248 e. The molecule has 0 bridgehead atoms. The molecule has 11 nitrogen and oxygen atoms in total. The molecule has 4 aromatic rings. The minimum atomic E-state index is -0.938. The second-order valence-electron chi connectivity index (χ2n) is 11.4. The summed E-state index contributed by atoms with van der Waals surface area (Å²) in [5.41, 5.74) is 2.71. The van der Waals surface area contributed by atoms with E-state index in [4.69, 9.17) is 21.1 Å². The molecule has 264 valence electrons. The molecule has 1 unspecified atom stereocenters. The van der Waals surface area contributed by atoms with Gasteiger partial charge in [-0.25, -0.2) is 0 Å². The highest BCUT2D eigenvalue weighted by atomic mass is 35.5. The lowest BCUT2D eigenvalue weighted by atomic mass is 9.92. The van der Waals surface area contributed by atoms with E-state index in [0.29, 0.717) is 35.0 Å². The number of Topliss-reactive ketones (excluding diaryl/α,β-unsaturated/α-hetero) is 1. The summed E-state index contributed by atoms with van der Waals surface area (Å²) in [5.74, 6) is -1.69. The van der Waals surface area contributed by atoms with Crippen molar-refractivity contribution in [3.8, 4) is 5.75 Å². The van der Waals surface area contributed by atoms with Crippen LogP contribution in [0, 0.1) is 0 Å². The molecule has 13 heteroatoms. The van der Waals surface area contributed by atoms with Crippen molar-refractivity contribution in [1.82, 2.24) is 10.6 Å². The summed E-state index contributed by atoms with van der Waals surface area (Å²) in [4.78, 5) is 66.9. The summed E-state index contributed by atoms with van der Waals surface area (Å²) in [5, 5.41) is 10.6. The zero-order valence-electron chi connectivity index (χ0n) is 27.9. The average molecular weight is 729 g/mol. The van der Waals surface area contributed by atoms with Crippen LogP contribution in [0.4, 0.5) is 11.4 Å². The minimum absolute atomic E-state index is 0.0650. The Hall–Kier alpha value is -5.30. The number of nitrogens with zero attached hydrogens (tertiary/aromatic N) is 1. The number of nitrogens with one attached hydrogen (secondary N) is 3. The molecule has 1 heterocycles. The Balaban J connectivity index is 1.11. The molecule has 51 heavy (non-hydrogen) atoms. The first kappa shape index (κ1) is 37.0. The van der Waals surface area contributed by atoms with Gasteiger partial charge in [-0.05, 0) is 59.8 Å². The molecule has 0 fully saturated rings. The first-order valence-corrected chi connectivity index (χ1v) is 17.6. The van der Waals surface area contributed by atoms with Gasteiger partial charge >= 0.3 is 0 Å². The number of hydrogen-bond donors (Lipinski definition) is 3. The molecule has 5 rings (SSSR count). The van der Waals surface area contributed by atoms with Crippen LogP contribution in [0.25, 0.3) is 0 Å². The summed E-state index contributed by atoms with van der Waals surface area (Å²) in [6, 6.07) is 23.9. The zero-order valence-corrected chi connectivity index (χ0v) is 29.4. The summed E-state index contributed by atoms with van der Waals surface area (Å²) in [6.07, 6.45) is 1.95. The van der Waals surface area contributed by atoms with Crippen molar-refractivity contribution >= 4 is 63.6 Å². The SMILES string of the molecule is COc1cccc2c1C(=O)C=C(NCCOCCC(=O)Nc1ccc(N(C(=O)CCl)C(C(=O)NCCc3ccccc3)c3cccs3)cc1)C2=O. The number of methoxy groups -OCH3 is 1.